The fourth-order valence-electron chi connectivity index (χ4n) is 3.27. The summed E-state index contributed by atoms with van der Waals surface area (Å²) in [7, 11) is 0. The number of carbonyl (C=O) groups is 1. The molecule has 19 heavy (non-hydrogen) atoms. The first-order chi connectivity index (χ1) is 9.31. The molecule has 2 aliphatic heterocycles. The Labute approximate surface area is 116 Å². The van der Waals surface area contributed by atoms with E-state index in [1.54, 1.807) is 0 Å². The summed E-state index contributed by atoms with van der Waals surface area (Å²) in [4.78, 5) is 14.4. The van der Waals surface area contributed by atoms with Gasteiger partial charge in [0.25, 0.3) is 0 Å². The van der Waals surface area contributed by atoms with Crippen LogP contribution < -0.4 is 0 Å². The summed E-state index contributed by atoms with van der Waals surface area (Å²) in [5.41, 5.74) is 0. The zero-order valence-corrected chi connectivity index (χ0v) is 12.1. The van der Waals surface area contributed by atoms with Crippen molar-refractivity contribution in [1.29, 1.82) is 0 Å². The van der Waals surface area contributed by atoms with E-state index in [0.29, 0.717) is 25.0 Å². The van der Waals surface area contributed by atoms with E-state index in [9.17, 15) is 4.79 Å². The van der Waals surface area contributed by atoms with Crippen LogP contribution in [0.3, 0.4) is 0 Å². The van der Waals surface area contributed by atoms with Crippen LogP contribution in [0.1, 0.15) is 45.4 Å². The van der Waals surface area contributed by atoms with Gasteiger partial charge in [-0.15, -0.1) is 0 Å². The van der Waals surface area contributed by atoms with E-state index in [0.717, 1.165) is 32.7 Å². The Balaban J connectivity index is 1.97. The third kappa shape index (κ3) is 4.46. The first kappa shape index (κ1) is 14.8. The predicted molar refractivity (Wildman–Crippen MR) is 74.0 cm³/mol. The van der Waals surface area contributed by atoms with E-state index in [2.05, 4.69) is 4.90 Å². The summed E-state index contributed by atoms with van der Waals surface area (Å²) in [6.45, 7) is 6.25. The number of esters is 1. The number of ether oxygens (including phenoxy) is 2. The summed E-state index contributed by atoms with van der Waals surface area (Å²) in [6, 6.07) is 0.319. The molecule has 0 aliphatic carbocycles. The second-order valence-electron chi connectivity index (χ2n) is 5.65. The molecule has 0 aromatic heterocycles. The maximum atomic E-state index is 11.8. The summed E-state index contributed by atoms with van der Waals surface area (Å²) in [6.07, 6.45) is 6.77. The van der Waals surface area contributed by atoms with Gasteiger partial charge in [0.1, 0.15) is 0 Å². The SMILES string of the molecule is CCOC(=O)CC(C1CCOC1)N1CCCCCC1. The zero-order chi connectivity index (χ0) is 13.5. The van der Waals surface area contributed by atoms with Crippen LogP contribution in [0.4, 0.5) is 0 Å². The maximum Gasteiger partial charge on any atom is 0.307 e. The van der Waals surface area contributed by atoms with Gasteiger partial charge in [0.15, 0.2) is 0 Å². The van der Waals surface area contributed by atoms with E-state index in [4.69, 9.17) is 9.47 Å². The molecule has 2 unspecified atom stereocenters. The Kier molecular flexibility index (Phi) is 6.11. The van der Waals surface area contributed by atoms with Crippen molar-refractivity contribution in [3.63, 3.8) is 0 Å². The minimum atomic E-state index is -0.0522. The number of carbonyl (C=O) groups excluding carboxylic acids is 1. The average molecular weight is 269 g/mol. The number of likely N-dealkylation sites (tertiary alicyclic amines) is 1. The van der Waals surface area contributed by atoms with Gasteiger partial charge in [-0.05, 0) is 39.3 Å². The first-order valence-corrected chi connectivity index (χ1v) is 7.78. The summed E-state index contributed by atoms with van der Waals surface area (Å²) >= 11 is 0. The Morgan fingerprint density at radius 3 is 2.63 bits per heavy atom. The van der Waals surface area contributed by atoms with Gasteiger partial charge in [-0.1, -0.05) is 12.8 Å². The van der Waals surface area contributed by atoms with Crippen LogP contribution in [0.2, 0.25) is 0 Å². The summed E-state index contributed by atoms with van der Waals surface area (Å²) < 4.78 is 10.7. The fraction of sp³-hybridized carbons (Fsp3) is 0.933. The Morgan fingerprint density at radius 1 is 1.32 bits per heavy atom. The summed E-state index contributed by atoms with van der Waals surface area (Å²) in [5, 5.41) is 0. The molecule has 0 bridgehead atoms. The number of rotatable bonds is 5. The van der Waals surface area contributed by atoms with Crippen LogP contribution in [-0.2, 0) is 14.3 Å². The van der Waals surface area contributed by atoms with Gasteiger partial charge in [0.05, 0.1) is 19.6 Å². The predicted octanol–water partition coefficient (Wildman–Crippen LogP) is 2.22. The van der Waals surface area contributed by atoms with Crippen LogP contribution in [0.15, 0.2) is 0 Å². The molecule has 0 N–H and O–H groups in total. The van der Waals surface area contributed by atoms with Crippen molar-refractivity contribution in [2.45, 2.75) is 51.5 Å². The van der Waals surface area contributed by atoms with Crippen molar-refractivity contribution >= 4 is 5.97 Å². The minimum Gasteiger partial charge on any atom is -0.466 e. The molecular weight excluding hydrogens is 242 g/mol. The molecule has 0 amide bonds. The first-order valence-electron chi connectivity index (χ1n) is 7.78. The van der Waals surface area contributed by atoms with Crippen LogP contribution in [0.5, 0.6) is 0 Å². The van der Waals surface area contributed by atoms with E-state index in [1.807, 2.05) is 6.92 Å². The molecule has 2 heterocycles. The molecule has 2 aliphatic rings. The molecule has 0 aromatic rings. The van der Waals surface area contributed by atoms with Crippen LogP contribution in [0.25, 0.3) is 0 Å². The van der Waals surface area contributed by atoms with Crippen LogP contribution in [0, 0.1) is 5.92 Å². The van der Waals surface area contributed by atoms with Crippen molar-refractivity contribution in [3.8, 4) is 0 Å². The smallest absolute Gasteiger partial charge is 0.307 e. The van der Waals surface area contributed by atoms with Crippen molar-refractivity contribution in [2.75, 3.05) is 32.9 Å². The molecule has 0 spiro atoms. The molecule has 0 saturated carbocycles. The Hall–Kier alpha value is -0.610. The van der Waals surface area contributed by atoms with Gasteiger partial charge in [-0.2, -0.15) is 0 Å². The van der Waals surface area contributed by atoms with Gasteiger partial charge >= 0.3 is 5.97 Å². The van der Waals surface area contributed by atoms with E-state index >= 15 is 0 Å². The highest BCUT2D eigenvalue weighted by atomic mass is 16.5. The van der Waals surface area contributed by atoms with Crippen molar-refractivity contribution in [3.05, 3.63) is 0 Å². The lowest BCUT2D eigenvalue weighted by molar-refractivity contribution is -0.145. The molecule has 2 atom stereocenters. The number of hydrogen-bond acceptors (Lipinski definition) is 4. The monoisotopic (exact) mass is 269 g/mol. The molecule has 2 saturated heterocycles. The normalized spacial score (nSPS) is 26.9. The second kappa shape index (κ2) is 7.85. The van der Waals surface area contributed by atoms with Crippen molar-refractivity contribution in [1.82, 2.24) is 4.90 Å². The third-order valence-electron chi connectivity index (χ3n) is 4.30. The van der Waals surface area contributed by atoms with E-state index in [-0.39, 0.29) is 5.97 Å². The highest BCUT2D eigenvalue weighted by Crippen LogP contribution is 2.26. The van der Waals surface area contributed by atoms with Crippen molar-refractivity contribution < 1.29 is 14.3 Å². The van der Waals surface area contributed by atoms with Gasteiger partial charge < -0.3 is 9.47 Å². The van der Waals surface area contributed by atoms with Crippen LogP contribution >= 0.6 is 0 Å². The molecule has 110 valence electrons. The molecule has 2 fully saturated rings. The van der Waals surface area contributed by atoms with Gasteiger partial charge in [-0.3, -0.25) is 9.69 Å². The van der Waals surface area contributed by atoms with Gasteiger partial charge in [0, 0.05) is 18.6 Å². The highest BCUT2D eigenvalue weighted by molar-refractivity contribution is 5.70. The topological polar surface area (TPSA) is 38.8 Å². The molecule has 2 rings (SSSR count). The lowest BCUT2D eigenvalue weighted by Crippen LogP contribution is -2.43. The lowest BCUT2D eigenvalue weighted by atomic mass is 9.94. The average Bonchev–Trinajstić information content (AvgIpc) is 2.79. The fourth-order valence-corrected chi connectivity index (χ4v) is 3.27. The number of hydrogen-bond donors (Lipinski definition) is 0. The van der Waals surface area contributed by atoms with E-state index in [1.165, 1.54) is 25.7 Å². The second-order valence-corrected chi connectivity index (χ2v) is 5.65. The van der Waals surface area contributed by atoms with Gasteiger partial charge in [0.2, 0.25) is 0 Å². The maximum absolute atomic E-state index is 11.8. The third-order valence-corrected chi connectivity index (χ3v) is 4.30. The van der Waals surface area contributed by atoms with Crippen LogP contribution in [-0.4, -0.2) is 49.8 Å². The Morgan fingerprint density at radius 2 is 2.05 bits per heavy atom. The molecule has 0 aromatic carbocycles. The number of nitrogens with zero attached hydrogens (tertiary/aromatic N) is 1. The zero-order valence-electron chi connectivity index (χ0n) is 12.1. The molecule has 0 radical (unpaired) electrons. The highest BCUT2D eigenvalue weighted by Gasteiger charge is 2.32. The lowest BCUT2D eigenvalue weighted by Gasteiger charge is -2.33. The minimum absolute atomic E-state index is 0.0522. The summed E-state index contributed by atoms with van der Waals surface area (Å²) in [5.74, 6) is 0.450. The molecular formula is C15H27NO3. The molecule has 4 nitrogen and oxygen atoms in total. The largest absolute Gasteiger partial charge is 0.466 e. The van der Waals surface area contributed by atoms with E-state index < -0.39 is 0 Å². The quantitative estimate of drug-likeness (QED) is 0.717. The Bertz CT molecular complexity index is 269. The van der Waals surface area contributed by atoms with Gasteiger partial charge in [-0.25, -0.2) is 0 Å². The standard InChI is InChI=1S/C15H27NO3/c1-2-19-15(17)11-14(13-7-10-18-12-13)16-8-5-3-4-6-9-16/h13-14H,2-12H2,1H3. The molecule has 4 heteroatoms. The van der Waals surface area contributed by atoms with Crippen molar-refractivity contribution in [2.24, 2.45) is 5.92 Å².